The van der Waals surface area contributed by atoms with Gasteiger partial charge in [0.15, 0.2) is 5.82 Å². The molecule has 0 aromatic carbocycles. The van der Waals surface area contributed by atoms with E-state index in [-0.39, 0.29) is 12.6 Å². The van der Waals surface area contributed by atoms with Gasteiger partial charge in [0.1, 0.15) is 5.15 Å². The number of hydrogen-bond acceptors (Lipinski definition) is 4. The average molecular weight is 216 g/mol. The number of halogens is 1. The quantitative estimate of drug-likeness (QED) is 0.666. The first-order valence-corrected chi connectivity index (χ1v) is 4.84. The number of nitrogens with zero attached hydrogens (tertiary/aromatic N) is 1. The SMILES string of the molecule is CCC(CO)Nc1nc(Cl)ccc1N. The fraction of sp³-hybridized carbons (Fsp3) is 0.444. The van der Waals surface area contributed by atoms with Crippen molar-refractivity contribution in [2.24, 2.45) is 0 Å². The second kappa shape index (κ2) is 5.02. The van der Waals surface area contributed by atoms with Gasteiger partial charge in [0.2, 0.25) is 0 Å². The first-order valence-electron chi connectivity index (χ1n) is 4.46. The molecule has 1 rings (SSSR count). The molecule has 78 valence electrons. The van der Waals surface area contributed by atoms with Crippen LogP contribution in [0.15, 0.2) is 12.1 Å². The van der Waals surface area contributed by atoms with Crippen LogP contribution in [0.5, 0.6) is 0 Å². The van der Waals surface area contributed by atoms with Crippen molar-refractivity contribution >= 4 is 23.1 Å². The molecular formula is C9H14ClN3O. The molecule has 1 aromatic rings. The van der Waals surface area contributed by atoms with Gasteiger partial charge in [0.05, 0.1) is 18.3 Å². The molecule has 0 spiro atoms. The molecule has 0 aliphatic carbocycles. The zero-order chi connectivity index (χ0) is 10.6. The van der Waals surface area contributed by atoms with Crippen LogP contribution in [0.25, 0.3) is 0 Å². The Morgan fingerprint density at radius 3 is 2.93 bits per heavy atom. The summed E-state index contributed by atoms with van der Waals surface area (Å²) in [6.45, 7) is 2.01. The molecule has 14 heavy (non-hydrogen) atoms. The Kier molecular flexibility index (Phi) is 3.98. The lowest BCUT2D eigenvalue weighted by molar-refractivity contribution is 0.271. The molecule has 0 fully saturated rings. The maximum absolute atomic E-state index is 8.98. The maximum Gasteiger partial charge on any atom is 0.151 e. The number of rotatable bonds is 4. The van der Waals surface area contributed by atoms with E-state index in [0.717, 1.165) is 6.42 Å². The van der Waals surface area contributed by atoms with Gasteiger partial charge >= 0.3 is 0 Å². The first-order chi connectivity index (χ1) is 6.67. The van der Waals surface area contributed by atoms with Crippen LogP contribution in [0.1, 0.15) is 13.3 Å². The van der Waals surface area contributed by atoms with E-state index in [1.807, 2.05) is 6.92 Å². The van der Waals surface area contributed by atoms with E-state index in [0.29, 0.717) is 16.7 Å². The van der Waals surface area contributed by atoms with Crippen molar-refractivity contribution in [1.29, 1.82) is 0 Å². The number of aromatic nitrogens is 1. The Morgan fingerprint density at radius 1 is 1.64 bits per heavy atom. The van der Waals surface area contributed by atoms with E-state index in [2.05, 4.69) is 10.3 Å². The molecule has 0 saturated carbocycles. The molecule has 5 heteroatoms. The fourth-order valence-electron chi connectivity index (χ4n) is 1.03. The number of nitrogens with two attached hydrogens (primary N) is 1. The molecule has 0 aliphatic rings. The minimum absolute atomic E-state index is 0.0386. The Hall–Kier alpha value is -1.00. The van der Waals surface area contributed by atoms with Crippen LogP contribution in [-0.2, 0) is 0 Å². The van der Waals surface area contributed by atoms with Crippen LogP contribution in [0.3, 0.4) is 0 Å². The number of aliphatic hydroxyl groups is 1. The molecule has 1 aromatic heterocycles. The molecule has 0 aliphatic heterocycles. The molecule has 4 nitrogen and oxygen atoms in total. The molecule has 0 bridgehead atoms. The van der Waals surface area contributed by atoms with Crippen molar-refractivity contribution in [2.45, 2.75) is 19.4 Å². The smallest absolute Gasteiger partial charge is 0.151 e. The van der Waals surface area contributed by atoms with Gasteiger partial charge in [-0.1, -0.05) is 18.5 Å². The minimum atomic E-state index is -0.0386. The highest BCUT2D eigenvalue weighted by Crippen LogP contribution is 2.19. The van der Waals surface area contributed by atoms with Crippen molar-refractivity contribution in [3.05, 3.63) is 17.3 Å². The lowest BCUT2D eigenvalue weighted by Gasteiger charge is -2.15. The monoisotopic (exact) mass is 215 g/mol. The first kappa shape index (κ1) is 11.1. The molecule has 0 saturated heterocycles. The number of pyridine rings is 1. The highest BCUT2D eigenvalue weighted by Gasteiger charge is 2.07. The third-order valence-electron chi connectivity index (χ3n) is 1.95. The van der Waals surface area contributed by atoms with Crippen LogP contribution >= 0.6 is 11.6 Å². The van der Waals surface area contributed by atoms with Gasteiger partial charge in [-0.3, -0.25) is 0 Å². The van der Waals surface area contributed by atoms with Crippen LogP contribution in [0.2, 0.25) is 5.15 Å². The standard InChI is InChI=1S/C9H14ClN3O/c1-2-6(5-14)12-9-7(11)3-4-8(10)13-9/h3-4,6,14H,2,5,11H2,1H3,(H,12,13). The summed E-state index contributed by atoms with van der Waals surface area (Å²) in [6.07, 6.45) is 0.796. The lowest BCUT2D eigenvalue weighted by Crippen LogP contribution is -2.23. The Bertz CT molecular complexity index is 302. The van der Waals surface area contributed by atoms with Gasteiger partial charge < -0.3 is 16.2 Å². The second-order valence-corrected chi connectivity index (χ2v) is 3.39. The van der Waals surface area contributed by atoms with Gasteiger partial charge in [-0.05, 0) is 18.6 Å². The van der Waals surface area contributed by atoms with Gasteiger partial charge in [-0.15, -0.1) is 0 Å². The van der Waals surface area contributed by atoms with Crippen LogP contribution in [0, 0.1) is 0 Å². The predicted molar refractivity (Wildman–Crippen MR) is 58.4 cm³/mol. The van der Waals surface area contributed by atoms with Gasteiger partial charge in [-0.25, -0.2) is 4.98 Å². The van der Waals surface area contributed by atoms with E-state index in [4.69, 9.17) is 22.4 Å². The summed E-state index contributed by atoms with van der Waals surface area (Å²) < 4.78 is 0. The molecule has 1 unspecified atom stereocenters. The summed E-state index contributed by atoms with van der Waals surface area (Å²) in [7, 11) is 0. The fourth-order valence-corrected chi connectivity index (χ4v) is 1.18. The van der Waals surface area contributed by atoms with E-state index >= 15 is 0 Å². The maximum atomic E-state index is 8.98. The normalized spacial score (nSPS) is 12.5. The van der Waals surface area contributed by atoms with E-state index in [1.54, 1.807) is 12.1 Å². The van der Waals surface area contributed by atoms with Gasteiger partial charge in [-0.2, -0.15) is 0 Å². The number of aliphatic hydroxyl groups excluding tert-OH is 1. The molecule has 1 heterocycles. The van der Waals surface area contributed by atoms with Crippen molar-refractivity contribution in [3.63, 3.8) is 0 Å². The lowest BCUT2D eigenvalue weighted by atomic mass is 10.2. The average Bonchev–Trinajstić information content (AvgIpc) is 2.19. The number of anilines is 2. The van der Waals surface area contributed by atoms with E-state index in [9.17, 15) is 0 Å². The van der Waals surface area contributed by atoms with Crippen LogP contribution < -0.4 is 11.1 Å². The second-order valence-electron chi connectivity index (χ2n) is 3.00. The van der Waals surface area contributed by atoms with Gasteiger partial charge in [0.25, 0.3) is 0 Å². The third-order valence-corrected chi connectivity index (χ3v) is 2.16. The van der Waals surface area contributed by atoms with Crippen molar-refractivity contribution in [1.82, 2.24) is 4.98 Å². The number of nitrogen functional groups attached to an aromatic ring is 1. The molecule has 1 atom stereocenters. The van der Waals surface area contributed by atoms with Crippen molar-refractivity contribution < 1.29 is 5.11 Å². The zero-order valence-electron chi connectivity index (χ0n) is 8.00. The molecule has 0 radical (unpaired) electrons. The summed E-state index contributed by atoms with van der Waals surface area (Å²) in [5.41, 5.74) is 6.21. The molecule has 0 amide bonds. The minimum Gasteiger partial charge on any atom is -0.396 e. The molecule has 4 N–H and O–H groups in total. The summed E-state index contributed by atoms with van der Waals surface area (Å²) >= 11 is 5.72. The van der Waals surface area contributed by atoms with E-state index < -0.39 is 0 Å². The van der Waals surface area contributed by atoms with Crippen LogP contribution in [0.4, 0.5) is 11.5 Å². The zero-order valence-corrected chi connectivity index (χ0v) is 8.75. The largest absolute Gasteiger partial charge is 0.396 e. The Balaban J connectivity index is 2.79. The number of hydrogen-bond donors (Lipinski definition) is 3. The Morgan fingerprint density at radius 2 is 2.36 bits per heavy atom. The summed E-state index contributed by atoms with van der Waals surface area (Å²) in [4.78, 5) is 4.03. The van der Waals surface area contributed by atoms with Crippen molar-refractivity contribution in [3.8, 4) is 0 Å². The summed E-state index contributed by atoms with van der Waals surface area (Å²) in [5, 5.41) is 12.4. The predicted octanol–water partition coefficient (Wildman–Crippen LogP) is 1.50. The van der Waals surface area contributed by atoms with Gasteiger partial charge in [0, 0.05) is 0 Å². The summed E-state index contributed by atoms with van der Waals surface area (Å²) in [5.74, 6) is 0.526. The van der Waals surface area contributed by atoms with E-state index in [1.165, 1.54) is 0 Å². The number of nitrogens with one attached hydrogen (secondary N) is 1. The topological polar surface area (TPSA) is 71.2 Å². The van der Waals surface area contributed by atoms with Crippen LogP contribution in [-0.4, -0.2) is 22.7 Å². The molecular weight excluding hydrogens is 202 g/mol. The Labute approximate surface area is 88.1 Å². The third kappa shape index (κ3) is 2.75. The highest BCUT2D eigenvalue weighted by atomic mass is 35.5. The summed E-state index contributed by atoms with van der Waals surface area (Å²) in [6, 6.07) is 3.27. The highest BCUT2D eigenvalue weighted by molar-refractivity contribution is 6.29. The van der Waals surface area contributed by atoms with Crippen molar-refractivity contribution in [2.75, 3.05) is 17.7 Å².